The van der Waals surface area contributed by atoms with E-state index in [2.05, 4.69) is 15.3 Å². The molecule has 146 valence electrons. The first-order valence-electron chi connectivity index (χ1n) is 8.55. The number of hydrogen-bond acceptors (Lipinski definition) is 6. The van der Waals surface area contributed by atoms with Gasteiger partial charge < -0.3 is 5.32 Å². The van der Waals surface area contributed by atoms with Gasteiger partial charge in [-0.3, -0.25) is 18.7 Å². The molecule has 0 radical (unpaired) electrons. The van der Waals surface area contributed by atoms with Crippen molar-refractivity contribution in [3.63, 3.8) is 0 Å². The van der Waals surface area contributed by atoms with Crippen LogP contribution in [0.2, 0.25) is 5.02 Å². The summed E-state index contributed by atoms with van der Waals surface area (Å²) in [5.74, 6) is -0.427. The lowest BCUT2D eigenvalue weighted by molar-refractivity contribution is -0.116. The lowest BCUT2D eigenvalue weighted by atomic mass is 10.2. The smallest absolute Gasteiger partial charge is 0.300 e. The van der Waals surface area contributed by atoms with E-state index in [1.54, 1.807) is 48.0 Å². The molecule has 0 unspecified atom stereocenters. The highest BCUT2D eigenvalue weighted by molar-refractivity contribution is 7.13. The number of nitrogens with zero attached hydrogens (tertiary/aromatic N) is 4. The Morgan fingerprint density at radius 3 is 2.59 bits per heavy atom. The molecule has 0 saturated heterocycles. The summed E-state index contributed by atoms with van der Waals surface area (Å²) in [6.45, 7) is -0.239. The van der Waals surface area contributed by atoms with E-state index in [9.17, 15) is 14.4 Å². The average Bonchev–Trinajstić information content (AvgIpc) is 3.23. The number of rotatable bonds is 5. The van der Waals surface area contributed by atoms with Crippen LogP contribution in [0.4, 0.5) is 5.13 Å². The maximum Gasteiger partial charge on any atom is 0.332 e. The molecular formula is C19H14ClN5O3S. The fourth-order valence-electron chi connectivity index (χ4n) is 2.90. The van der Waals surface area contributed by atoms with Gasteiger partial charge in [0.25, 0.3) is 5.56 Å². The third-order valence-corrected chi connectivity index (χ3v) is 5.16. The Balaban J connectivity index is 1.78. The Labute approximate surface area is 173 Å². The van der Waals surface area contributed by atoms with Crippen LogP contribution in [0.15, 0.2) is 63.8 Å². The van der Waals surface area contributed by atoms with Crippen LogP contribution in [-0.4, -0.2) is 25.0 Å². The largest absolute Gasteiger partial charge is 0.332 e. The van der Waals surface area contributed by atoms with Gasteiger partial charge in [-0.2, -0.15) is 0 Å². The quantitative estimate of drug-likeness (QED) is 0.527. The number of amides is 1. The molecule has 8 nitrogen and oxygen atoms in total. The molecule has 0 fully saturated rings. The summed E-state index contributed by atoms with van der Waals surface area (Å²) in [7, 11) is 0. The number of benzene rings is 1. The predicted octanol–water partition coefficient (Wildman–Crippen LogP) is 2.36. The fourth-order valence-corrected chi connectivity index (χ4v) is 3.57. The molecule has 1 N–H and O–H groups in total. The van der Waals surface area contributed by atoms with Crippen LogP contribution in [0.3, 0.4) is 0 Å². The highest BCUT2D eigenvalue weighted by Crippen LogP contribution is 2.12. The first kappa shape index (κ1) is 19.0. The second kappa shape index (κ2) is 7.98. The molecular weight excluding hydrogens is 414 g/mol. The highest BCUT2D eigenvalue weighted by Gasteiger charge is 2.17. The van der Waals surface area contributed by atoms with Crippen LogP contribution >= 0.6 is 22.9 Å². The molecule has 0 atom stereocenters. The lowest BCUT2D eigenvalue weighted by Gasteiger charge is -2.13. The summed E-state index contributed by atoms with van der Waals surface area (Å²) in [4.78, 5) is 46.5. The van der Waals surface area contributed by atoms with Crippen molar-refractivity contribution in [1.82, 2.24) is 19.1 Å². The first-order chi connectivity index (χ1) is 14.0. The van der Waals surface area contributed by atoms with E-state index in [0.717, 1.165) is 10.1 Å². The van der Waals surface area contributed by atoms with Gasteiger partial charge in [0, 0.05) is 22.8 Å². The van der Waals surface area contributed by atoms with E-state index in [-0.39, 0.29) is 18.6 Å². The molecule has 10 heteroatoms. The van der Waals surface area contributed by atoms with Crippen molar-refractivity contribution in [2.45, 2.75) is 13.1 Å². The Bertz CT molecular complexity index is 1300. The van der Waals surface area contributed by atoms with E-state index >= 15 is 0 Å². The third-order valence-electron chi connectivity index (χ3n) is 4.22. The summed E-state index contributed by atoms with van der Waals surface area (Å²) in [6, 6.07) is 10.0. The fraction of sp³-hybridized carbons (Fsp3) is 0.105. The number of aromatic nitrogens is 4. The van der Waals surface area contributed by atoms with E-state index in [1.807, 2.05) is 0 Å². The van der Waals surface area contributed by atoms with Gasteiger partial charge in [-0.1, -0.05) is 23.7 Å². The van der Waals surface area contributed by atoms with Crippen molar-refractivity contribution in [3.05, 3.63) is 85.6 Å². The van der Waals surface area contributed by atoms with Crippen molar-refractivity contribution >= 4 is 45.0 Å². The van der Waals surface area contributed by atoms with Gasteiger partial charge in [-0.25, -0.2) is 14.8 Å². The maximum absolute atomic E-state index is 13.1. The van der Waals surface area contributed by atoms with Crippen LogP contribution in [0, 0.1) is 0 Å². The average molecular weight is 428 g/mol. The number of pyridine rings is 1. The number of halogens is 1. The Morgan fingerprint density at radius 2 is 1.86 bits per heavy atom. The van der Waals surface area contributed by atoms with Crippen molar-refractivity contribution in [1.29, 1.82) is 0 Å². The summed E-state index contributed by atoms with van der Waals surface area (Å²) in [6.07, 6.45) is 3.04. The molecule has 1 aromatic carbocycles. The second-order valence-electron chi connectivity index (χ2n) is 6.14. The van der Waals surface area contributed by atoms with Crippen LogP contribution < -0.4 is 16.6 Å². The second-order valence-corrected chi connectivity index (χ2v) is 7.47. The van der Waals surface area contributed by atoms with Crippen LogP contribution in [0.25, 0.3) is 11.0 Å². The monoisotopic (exact) mass is 427 g/mol. The molecule has 3 aromatic heterocycles. The molecule has 4 rings (SSSR count). The Hall–Kier alpha value is -3.30. The topological polar surface area (TPSA) is 98.9 Å². The zero-order valence-corrected chi connectivity index (χ0v) is 16.5. The summed E-state index contributed by atoms with van der Waals surface area (Å²) < 4.78 is 2.30. The molecule has 0 aliphatic carbocycles. The molecule has 4 aromatic rings. The van der Waals surface area contributed by atoms with Crippen molar-refractivity contribution < 1.29 is 4.79 Å². The maximum atomic E-state index is 13.1. The first-order valence-corrected chi connectivity index (χ1v) is 9.81. The lowest BCUT2D eigenvalue weighted by Crippen LogP contribution is -2.42. The molecule has 0 saturated carbocycles. The van der Waals surface area contributed by atoms with Gasteiger partial charge in [-0.15, -0.1) is 11.3 Å². The van der Waals surface area contributed by atoms with Crippen molar-refractivity contribution in [3.8, 4) is 0 Å². The summed E-state index contributed by atoms with van der Waals surface area (Å²) >= 11 is 7.17. The number of nitrogens with one attached hydrogen (secondary N) is 1. The minimum Gasteiger partial charge on any atom is -0.300 e. The van der Waals surface area contributed by atoms with Gasteiger partial charge in [0.15, 0.2) is 10.6 Å². The van der Waals surface area contributed by atoms with E-state index in [1.165, 1.54) is 22.1 Å². The predicted molar refractivity (Wildman–Crippen MR) is 112 cm³/mol. The zero-order valence-electron chi connectivity index (χ0n) is 14.9. The molecule has 0 aliphatic rings. The van der Waals surface area contributed by atoms with Gasteiger partial charge in [-0.05, 0) is 29.8 Å². The highest BCUT2D eigenvalue weighted by atomic mass is 35.5. The molecule has 0 bridgehead atoms. The minimum atomic E-state index is -0.597. The molecule has 29 heavy (non-hydrogen) atoms. The number of carbonyl (C=O) groups excluding carboxylic acids is 1. The van der Waals surface area contributed by atoms with Gasteiger partial charge >= 0.3 is 5.69 Å². The number of anilines is 1. The van der Waals surface area contributed by atoms with Crippen LogP contribution in [-0.2, 0) is 17.9 Å². The number of fused-ring (bicyclic) bond motifs is 1. The summed E-state index contributed by atoms with van der Waals surface area (Å²) in [5.41, 5.74) is 0.0202. The van der Waals surface area contributed by atoms with E-state index < -0.39 is 17.2 Å². The normalized spacial score (nSPS) is 10.9. The van der Waals surface area contributed by atoms with Crippen molar-refractivity contribution in [2.24, 2.45) is 0 Å². The summed E-state index contributed by atoms with van der Waals surface area (Å²) in [5, 5.41) is 5.35. The third kappa shape index (κ3) is 3.96. The van der Waals surface area contributed by atoms with E-state index in [0.29, 0.717) is 15.7 Å². The van der Waals surface area contributed by atoms with Crippen LogP contribution in [0.5, 0.6) is 0 Å². The molecule has 0 spiro atoms. The van der Waals surface area contributed by atoms with Crippen molar-refractivity contribution in [2.75, 3.05) is 5.32 Å². The minimum absolute atomic E-state index is 0.0372. The molecule has 0 aliphatic heterocycles. The Morgan fingerprint density at radius 1 is 1.07 bits per heavy atom. The standard InChI is InChI=1S/C19H14ClN5O3S/c20-13-5-3-12(4-6-13)10-25-17(27)16-14(2-1-7-21-16)24(19(25)28)11-15(26)23-18-22-8-9-29-18/h1-9H,10-11H2,(H,22,23,26). The number of carbonyl (C=O) groups is 1. The van der Waals surface area contributed by atoms with Gasteiger partial charge in [0.1, 0.15) is 6.54 Å². The molecule has 3 heterocycles. The Kier molecular flexibility index (Phi) is 5.24. The van der Waals surface area contributed by atoms with Crippen LogP contribution in [0.1, 0.15) is 5.56 Å². The SMILES string of the molecule is O=C(Cn1c(=O)n(Cc2ccc(Cl)cc2)c(=O)c2ncccc21)Nc1nccs1. The zero-order chi connectivity index (χ0) is 20.4. The molecule has 1 amide bonds. The van der Waals surface area contributed by atoms with Gasteiger partial charge in [0.2, 0.25) is 5.91 Å². The van der Waals surface area contributed by atoms with Gasteiger partial charge in [0.05, 0.1) is 12.1 Å². The number of thiazole rings is 1. The van der Waals surface area contributed by atoms with E-state index in [4.69, 9.17) is 11.6 Å². The number of hydrogen-bond donors (Lipinski definition) is 1.